The van der Waals surface area contributed by atoms with Gasteiger partial charge >= 0.3 is 0 Å². The number of nitrogens with zero attached hydrogens (tertiary/aromatic N) is 2. The van der Waals surface area contributed by atoms with Crippen molar-refractivity contribution in [3.8, 4) is 0 Å². The number of hydrogen-bond donors (Lipinski definition) is 1. The molecule has 1 N–H and O–H groups in total. The molecule has 0 fully saturated rings. The van der Waals surface area contributed by atoms with Crippen molar-refractivity contribution in [3.05, 3.63) is 75.2 Å². The maximum absolute atomic E-state index is 12.2. The van der Waals surface area contributed by atoms with Crippen LogP contribution in [0.3, 0.4) is 0 Å². The van der Waals surface area contributed by atoms with E-state index in [1.807, 2.05) is 30.3 Å². The number of nitrogens with one attached hydrogen (secondary N) is 1. The van der Waals surface area contributed by atoms with Crippen LogP contribution in [-0.2, 0) is 0 Å². The standard InChI is InChI=1S/C17H11Cl2N3OS/c18-12-8-6-11(7-9-12)10-14(19)16-21-22-17(24-16)15(23)20-13-4-2-1-3-5-13/h1-10H,(H,20,23)/b14-10-. The van der Waals surface area contributed by atoms with E-state index in [0.29, 0.717) is 20.7 Å². The fraction of sp³-hybridized carbons (Fsp3) is 0. The lowest BCUT2D eigenvalue weighted by molar-refractivity contribution is 0.102. The second kappa shape index (κ2) is 7.57. The second-order valence-electron chi connectivity index (χ2n) is 4.78. The van der Waals surface area contributed by atoms with Crippen molar-refractivity contribution in [2.24, 2.45) is 0 Å². The minimum absolute atomic E-state index is 0.247. The molecule has 0 aliphatic heterocycles. The predicted octanol–water partition coefficient (Wildman–Crippen LogP) is 5.18. The van der Waals surface area contributed by atoms with Gasteiger partial charge in [0.1, 0.15) is 0 Å². The highest BCUT2D eigenvalue weighted by Gasteiger charge is 2.14. The van der Waals surface area contributed by atoms with Gasteiger partial charge in [0.15, 0.2) is 5.01 Å². The Morgan fingerprint density at radius 2 is 1.67 bits per heavy atom. The molecular weight excluding hydrogens is 365 g/mol. The third-order valence-corrected chi connectivity index (χ3v) is 4.63. The summed E-state index contributed by atoms with van der Waals surface area (Å²) in [6, 6.07) is 16.4. The smallest absolute Gasteiger partial charge is 0.286 e. The first-order valence-electron chi connectivity index (χ1n) is 6.95. The molecule has 120 valence electrons. The Balaban J connectivity index is 1.74. The van der Waals surface area contributed by atoms with E-state index in [9.17, 15) is 4.79 Å². The average Bonchev–Trinajstić information content (AvgIpc) is 3.08. The van der Waals surface area contributed by atoms with Gasteiger partial charge in [-0.2, -0.15) is 0 Å². The molecule has 2 aromatic carbocycles. The molecule has 1 heterocycles. The number of hydrogen-bond acceptors (Lipinski definition) is 4. The molecule has 0 aliphatic rings. The highest BCUT2D eigenvalue weighted by atomic mass is 35.5. The van der Waals surface area contributed by atoms with Crippen LogP contribution in [0.1, 0.15) is 20.4 Å². The number of benzene rings is 2. The van der Waals surface area contributed by atoms with Crippen molar-refractivity contribution in [2.75, 3.05) is 5.32 Å². The Hall–Kier alpha value is -2.21. The summed E-state index contributed by atoms with van der Waals surface area (Å²) in [6.07, 6.45) is 1.75. The summed E-state index contributed by atoms with van der Waals surface area (Å²) in [4.78, 5) is 12.2. The Kier molecular flexibility index (Phi) is 5.25. The van der Waals surface area contributed by atoms with Gasteiger partial charge in [-0.3, -0.25) is 4.79 Å². The van der Waals surface area contributed by atoms with Crippen LogP contribution in [0.2, 0.25) is 5.02 Å². The van der Waals surface area contributed by atoms with Gasteiger partial charge < -0.3 is 5.32 Å². The summed E-state index contributed by atoms with van der Waals surface area (Å²) in [7, 11) is 0. The second-order valence-corrected chi connectivity index (χ2v) is 6.60. The Morgan fingerprint density at radius 1 is 1.00 bits per heavy atom. The van der Waals surface area contributed by atoms with Crippen molar-refractivity contribution in [1.29, 1.82) is 0 Å². The molecule has 0 saturated carbocycles. The van der Waals surface area contributed by atoms with Crippen molar-refractivity contribution >= 4 is 57.2 Å². The van der Waals surface area contributed by atoms with Gasteiger partial charge in [0.2, 0.25) is 5.01 Å². The maximum Gasteiger partial charge on any atom is 0.286 e. The topological polar surface area (TPSA) is 54.9 Å². The number of carbonyl (C=O) groups excluding carboxylic acids is 1. The van der Waals surface area contributed by atoms with Crippen LogP contribution in [0.25, 0.3) is 11.1 Å². The van der Waals surface area contributed by atoms with Crippen LogP contribution in [0.15, 0.2) is 54.6 Å². The Morgan fingerprint density at radius 3 is 2.38 bits per heavy atom. The molecule has 7 heteroatoms. The largest absolute Gasteiger partial charge is 0.320 e. The van der Waals surface area contributed by atoms with E-state index in [-0.39, 0.29) is 10.9 Å². The van der Waals surface area contributed by atoms with Gasteiger partial charge in [-0.1, -0.05) is 64.9 Å². The molecule has 1 amide bonds. The zero-order chi connectivity index (χ0) is 16.9. The van der Waals surface area contributed by atoms with E-state index >= 15 is 0 Å². The van der Waals surface area contributed by atoms with Crippen LogP contribution >= 0.6 is 34.5 Å². The highest BCUT2D eigenvalue weighted by molar-refractivity contribution is 7.15. The summed E-state index contributed by atoms with van der Waals surface area (Å²) >= 11 is 13.2. The zero-order valence-electron chi connectivity index (χ0n) is 12.2. The van der Waals surface area contributed by atoms with Gasteiger partial charge in [-0.25, -0.2) is 0 Å². The molecule has 3 aromatic rings. The first-order valence-corrected chi connectivity index (χ1v) is 8.52. The molecule has 0 aliphatic carbocycles. The van der Waals surface area contributed by atoms with Gasteiger partial charge in [0, 0.05) is 10.7 Å². The van der Waals surface area contributed by atoms with Gasteiger partial charge in [-0.15, -0.1) is 10.2 Å². The lowest BCUT2D eigenvalue weighted by Gasteiger charge is -2.00. The van der Waals surface area contributed by atoms with Crippen molar-refractivity contribution in [2.45, 2.75) is 0 Å². The number of rotatable bonds is 4. The molecule has 0 radical (unpaired) electrons. The van der Waals surface area contributed by atoms with Crippen molar-refractivity contribution < 1.29 is 4.79 Å². The quantitative estimate of drug-likeness (QED) is 0.683. The third kappa shape index (κ3) is 4.20. The Labute approximate surface area is 152 Å². The molecule has 3 rings (SSSR count). The highest BCUT2D eigenvalue weighted by Crippen LogP contribution is 2.26. The van der Waals surface area contributed by atoms with E-state index in [0.717, 1.165) is 16.9 Å². The maximum atomic E-state index is 12.2. The molecule has 0 atom stereocenters. The molecule has 0 bridgehead atoms. The number of halogens is 2. The Bertz CT molecular complexity index is 876. The van der Waals surface area contributed by atoms with Gasteiger partial charge in [0.25, 0.3) is 5.91 Å². The third-order valence-electron chi connectivity index (χ3n) is 3.02. The van der Waals surface area contributed by atoms with Crippen molar-refractivity contribution in [1.82, 2.24) is 10.2 Å². The number of carbonyl (C=O) groups is 1. The van der Waals surface area contributed by atoms with E-state index in [1.165, 1.54) is 0 Å². The van der Waals surface area contributed by atoms with E-state index in [1.54, 1.807) is 30.3 Å². The monoisotopic (exact) mass is 375 g/mol. The van der Waals surface area contributed by atoms with Crippen LogP contribution < -0.4 is 5.32 Å². The van der Waals surface area contributed by atoms with Crippen LogP contribution in [0.4, 0.5) is 5.69 Å². The summed E-state index contributed by atoms with van der Waals surface area (Å²) in [5, 5.41) is 12.4. The van der Waals surface area contributed by atoms with Crippen molar-refractivity contribution in [3.63, 3.8) is 0 Å². The molecule has 24 heavy (non-hydrogen) atoms. The van der Waals surface area contributed by atoms with E-state index in [2.05, 4.69) is 15.5 Å². The normalized spacial score (nSPS) is 11.3. The lowest BCUT2D eigenvalue weighted by atomic mass is 10.2. The van der Waals surface area contributed by atoms with Crippen LogP contribution in [0.5, 0.6) is 0 Å². The van der Waals surface area contributed by atoms with E-state index < -0.39 is 0 Å². The van der Waals surface area contributed by atoms with Gasteiger partial charge in [-0.05, 0) is 35.9 Å². The SMILES string of the molecule is O=C(Nc1ccccc1)c1nnc(/C(Cl)=C/c2ccc(Cl)cc2)s1. The minimum atomic E-state index is -0.319. The fourth-order valence-electron chi connectivity index (χ4n) is 1.88. The summed E-state index contributed by atoms with van der Waals surface area (Å²) in [6.45, 7) is 0. The molecular formula is C17H11Cl2N3OS. The summed E-state index contributed by atoms with van der Waals surface area (Å²) in [5.74, 6) is -0.319. The molecule has 0 unspecified atom stereocenters. The van der Waals surface area contributed by atoms with Crippen LogP contribution in [-0.4, -0.2) is 16.1 Å². The van der Waals surface area contributed by atoms with Crippen LogP contribution in [0, 0.1) is 0 Å². The number of amides is 1. The molecule has 0 saturated heterocycles. The number of anilines is 1. The number of para-hydroxylation sites is 1. The average molecular weight is 376 g/mol. The van der Waals surface area contributed by atoms with E-state index in [4.69, 9.17) is 23.2 Å². The molecule has 4 nitrogen and oxygen atoms in total. The molecule has 0 spiro atoms. The number of aromatic nitrogens is 2. The summed E-state index contributed by atoms with van der Waals surface area (Å²) < 4.78 is 0. The fourth-order valence-corrected chi connectivity index (χ4v) is 2.94. The molecule has 1 aromatic heterocycles. The lowest BCUT2D eigenvalue weighted by Crippen LogP contribution is -2.11. The predicted molar refractivity (Wildman–Crippen MR) is 99.5 cm³/mol. The van der Waals surface area contributed by atoms with Gasteiger partial charge in [0.05, 0.1) is 5.03 Å². The first-order chi connectivity index (χ1) is 11.6. The zero-order valence-corrected chi connectivity index (χ0v) is 14.6. The summed E-state index contributed by atoms with van der Waals surface area (Å²) in [5.41, 5.74) is 1.58. The minimum Gasteiger partial charge on any atom is -0.320 e. The first kappa shape index (κ1) is 16.6.